The Labute approximate surface area is 95.6 Å². The highest BCUT2D eigenvalue weighted by molar-refractivity contribution is 4.93. The molecule has 0 saturated carbocycles. The van der Waals surface area contributed by atoms with E-state index in [1.54, 1.807) is 0 Å². The minimum absolute atomic E-state index is 0.310. The van der Waals surface area contributed by atoms with E-state index in [0.29, 0.717) is 5.92 Å². The molecule has 0 aromatic carbocycles. The Morgan fingerprint density at radius 3 is 3.06 bits per heavy atom. The van der Waals surface area contributed by atoms with Crippen LogP contribution in [0.3, 0.4) is 0 Å². The van der Waals surface area contributed by atoms with Gasteiger partial charge < -0.3 is 14.5 Å². The minimum atomic E-state index is 0.310. The molecule has 1 aliphatic rings. The number of hydrogen-bond donors (Lipinski definition) is 1. The Bertz CT molecular complexity index is 308. The molecule has 5 nitrogen and oxygen atoms in total. The molecule has 16 heavy (non-hydrogen) atoms. The van der Waals surface area contributed by atoms with E-state index in [9.17, 15) is 0 Å². The molecule has 0 amide bonds. The van der Waals surface area contributed by atoms with Gasteiger partial charge in [0.2, 0.25) is 11.8 Å². The van der Waals surface area contributed by atoms with Crippen LogP contribution in [-0.4, -0.2) is 36.5 Å². The van der Waals surface area contributed by atoms with Gasteiger partial charge in [0.05, 0.1) is 12.5 Å². The molecule has 1 aromatic heterocycles. The average Bonchev–Trinajstić information content (AvgIpc) is 2.94. The van der Waals surface area contributed by atoms with Crippen LogP contribution >= 0.6 is 0 Å². The van der Waals surface area contributed by atoms with Crippen LogP contribution in [0.15, 0.2) is 4.42 Å². The third kappa shape index (κ3) is 3.02. The fourth-order valence-corrected chi connectivity index (χ4v) is 1.76. The van der Waals surface area contributed by atoms with Crippen molar-refractivity contribution in [1.29, 1.82) is 0 Å². The Balaban J connectivity index is 1.77. The first-order chi connectivity index (χ1) is 7.90. The number of nitrogens with zero attached hydrogens (tertiary/aromatic N) is 2. The third-order valence-corrected chi connectivity index (χ3v) is 2.70. The molecule has 5 heteroatoms. The fourth-order valence-electron chi connectivity index (χ4n) is 1.76. The molecule has 1 fully saturated rings. The molecule has 1 aliphatic heterocycles. The number of rotatable bonds is 6. The molecule has 1 unspecified atom stereocenters. The van der Waals surface area contributed by atoms with E-state index in [1.165, 1.54) is 0 Å². The molecule has 90 valence electrons. The lowest BCUT2D eigenvalue weighted by molar-refractivity contribution is 0.190. The number of hydrogen-bond acceptors (Lipinski definition) is 5. The second kappa shape index (κ2) is 5.96. The van der Waals surface area contributed by atoms with E-state index < -0.39 is 0 Å². The van der Waals surface area contributed by atoms with Crippen LogP contribution in [0.1, 0.15) is 37.5 Å². The minimum Gasteiger partial charge on any atom is -0.425 e. The van der Waals surface area contributed by atoms with E-state index in [-0.39, 0.29) is 0 Å². The maximum absolute atomic E-state index is 5.61. The van der Waals surface area contributed by atoms with Crippen molar-refractivity contribution in [3.63, 3.8) is 0 Å². The molecule has 1 aromatic rings. The van der Waals surface area contributed by atoms with Crippen LogP contribution in [0.2, 0.25) is 0 Å². The highest BCUT2D eigenvalue weighted by Gasteiger charge is 2.23. The van der Waals surface area contributed by atoms with Gasteiger partial charge in [0, 0.05) is 19.6 Å². The SMILES string of the molecule is CCCNCCc1nnc(C2CCOC2)o1. The van der Waals surface area contributed by atoms with Crippen LogP contribution in [-0.2, 0) is 11.2 Å². The molecule has 0 spiro atoms. The van der Waals surface area contributed by atoms with Crippen LogP contribution < -0.4 is 5.32 Å². The zero-order valence-electron chi connectivity index (χ0n) is 9.74. The van der Waals surface area contributed by atoms with Gasteiger partial charge in [-0.15, -0.1) is 10.2 Å². The lowest BCUT2D eigenvalue weighted by Crippen LogP contribution is -2.17. The molecule has 1 atom stereocenters. The summed E-state index contributed by atoms with van der Waals surface area (Å²) < 4.78 is 10.9. The van der Waals surface area contributed by atoms with Gasteiger partial charge in [-0.05, 0) is 19.4 Å². The summed E-state index contributed by atoms with van der Waals surface area (Å²) in [7, 11) is 0. The normalized spacial score (nSPS) is 20.4. The summed E-state index contributed by atoms with van der Waals surface area (Å²) >= 11 is 0. The largest absolute Gasteiger partial charge is 0.425 e. The summed E-state index contributed by atoms with van der Waals surface area (Å²) in [4.78, 5) is 0. The predicted molar refractivity (Wildman–Crippen MR) is 59.3 cm³/mol. The number of nitrogens with one attached hydrogen (secondary N) is 1. The highest BCUT2D eigenvalue weighted by Crippen LogP contribution is 2.23. The summed E-state index contributed by atoms with van der Waals surface area (Å²) in [5, 5.41) is 11.4. The van der Waals surface area contributed by atoms with E-state index in [0.717, 1.165) is 57.3 Å². The topological polar surface area (TPSA) is 60.2 Å². The van der Waals surface area contributed by atoms with E-state index in [2.05, 4.69) is 22.4 Å². The molecule has 0 radical (unpaired) electrons. The summed E-state index contributed by atoms with van der Waals surface area (Å²) in [6.07, 6.45) is 2.95. The summed E-state index contributed by atoms with van der Waals surface area (Å²) in [5.41, 5.74) is 0. The second-order valence-corrected chi connectivity index (χ2v) is 4.09. The van der Waals surface area contributed by atoms with Crippen molar-refractivity contribution >= 4 is 0 Å². The lowest BCUT2D eigenvalue weighted by Gasteiger charge is -2.00. The zero-order valence-corrected chi connectivity index (χ0v) is 9.74. The summed E-state index contributed by atoms with van der Waals surface area (Å²) in [6, 6.07) is 0. The Hall–Kier alpha value is -0.940. The molecule has 0 aliphatic carbocycles. The molecule has 2 rings (SSSR count). The Kier molecular flexibility index (Phi) is 4.30. The summed E-state index contributed by atoms with van der Waals surface area (Å²) in [5.74, 6) is 1.78. The number of ether oxygens (including phenoxy) is 1. The van der Waals surface area contributed by atoms with Gasteiger partial charge in [-0.25, -0.2) is 0 Å². The Morgan fingerprint density at radius 2 is 2.31 bits per heavy atom. The molecule has 1 saturated heterocycles. The number of aromatic nitrogens is 2. The lowest BCUT2D eigenvalue weighted by atomic mass is 10.1. The first-order valence-electron chi connectivity index (χ1n) is 6.01. The Morgan fingerprint density at radius 1 is 1.38 bits per heavy atom. The first-order valence-corrected chi connectivity index (χ1v) is 6.01. The quantitative estimate of drug-likeness (QED) is 0.735. The van der Waals surface area contributed by atoms with E-state index in [1.807, 2.05) is 0 Å². The van der Waals surface area contributed by atoms with Crippen molar-refractivity contribution in [2.45, 2.75) is 32.1 Å². The molecular formula is C11H19N3O2. The molecule has 2 heterocycles. The second-order valence-electron chi connectivity index (χ2n) is 4.09. The van der Waals surface area contributed by atoms with Gasteiger partial charge in [-0.3, -0.25) is 0 Å². The zero-order chi connectivity index (χ0) is 11.2. The smallest absolute Gasteiger partial charge is 0.222 e. The van der Waals surface area contributed by atoms with Crippen LogP contribution in [0.4, 0.5) is 0 Å². The van der Waals surface area contributed by atoms with Crippen LogP contribution in [0, 0.1) is 0 Å². The third-order valence-electron chi connectivity index (χ3n) is 2.70. The van der Waals surface area contributed by atoms with Gasteiger partial charge in [0.1, 0.15) is 0 Å². The van der Waals surface area contributed by atoms with E-state index >= 15 is 0 Å². The first kappa shape index (κ1) is 11.5. The average molecular weight is 225 g/mol. The van der Waals surface area contributed by atoms with Crippen LogP contribution in [0.25, 0.3) is 0 Å². The molecular weight excluding hydrogens is 206 g/mol. The van der Waals surface area contributed by atoms with Gasteiger partial charge >= 0.3 is 0 Å². The van der Waals surface area contributed by atoms with Crippen molar-refractivity contribution in [3.8, 4) is 0 Å². The standard InChI is InChI=1S/C11H19N3O2/c1-2-5-12-6-3-10-13-14-11(16-10)9-4-7-15-8-9/h9,12H,2-8H2,1H3. The van der Waals surface area contributed by atoms with Crippen molar-refractivity contribution < 1.29 is 9.15 Å². The molecule has 1 N–H and O–H groups in total. The van der Waals surface area contributed by atoms with Crippen LogP contribution in [0.5, 0.6) is 0 Å². The monoisotopic (exact) mass is 225 g/mol. The molecule has 0 bridgehead atoms. The maximum atomic E-state index is 5.61. The van der Waals surface area contributed by atoms with E-state index in [4.69, 9.17) is 9.15 Å². The van der Waals surface area contributed by atoms with Crippen molar-refractivity contribution in [1.82, 2.24) is 15.5 Å². The van der Waals surface area contributed by atoms with Gasteiger partial charge in [-0.1, -0.05) is 6.92 Å². The fraction of sp³-hybridized carbons (Fsp3) is 0.818. The van der Waals surface area contributed by atoms with Crippen molar-refractivity contribution in [2.24, 2.45) is 0 Å². The van der Waals surface area contributed by atoms with Gasteiger partial charge in [0.25, 0.3) is 0 Å². The highest BCUT2D eigenvalue weighted by atomic mass is 16.5. The van der Waals surface area contributed by atoms with Crippen molar-refractivity contribution in [3.05, 3.63) is 11.8 Å². The maximum Gasteiger partial charge on any atom is 0.222 e. The summed E-state index contributed by atoms with van der Waals surface area (Å²) in [6.45, 7) is 5.61. The van der Waals surface area contributed by atoms with Gasteiger partial charge in [-0.2, -0.15) is 0 Å². The van der Waals surface area contributed by atoms with Crippen molar-refractivity contribution in [2.75, 3.05) is 26.3 Å². The van der Waals surface area contributed by atoms with Gasteiger partial charge in [0.15, 0.2) is 0 Å². The predicted octanol–water partition coefficient (Wildman–Crippen LogP) is 1.12.